The van der Waals surface area contributed by atoms with E-state index in [1.807, 2.05) is 24.0 Å². The van der Waals surface area contributed by atoms with E-state index in [1.54, 1.807) is 45.4 Å². The summed E-state index contributed by atoms with van der Waals surface area (Å²) in [6.45, 7) is 11.8. The first kappa shape index (κ1) is 53.1. The Morgan fingerprint density at radius 1 is 1.01 bits per heavy atom. The van der Waals surface area contributed by atoms with Crippen LogP contribution in [0.15, 0.2) is 54.4 Å². The molecule has 13 heteroatoms. The van der Waals surface area contributed by atoms with Gasteiger partial charge in [-0.25, -0.2) is 8.78 Å². The van der Waals surface area contributed by atoms with Gasteiger partial charge in [0.15, 0.2) is 0 Å². The Hall–Kier alpha value is -5.90. The number of amides is 2. The van der Waals surface area contributed by atoms with E-state index in [0.717, 1.165) is 80.1 Å². The highest BCUT2D eigenvalue weighted by molar-refractivity contribution is 6.09. The van der Waals surface area contributed by atoms with Gasteiger partial charge in [-0.05, 0) is 131 Å². The lowest BCUT2D eigenvalue weighted by Crippen LogP contribution is -2.41. The van der Waals surface area contributed by atoms with E-state index in [9.17, 15) is 38.2 Å². The number of fused-ring (bicyclic) bond motifs is 1. The Morgan fingerprint density at radius 3 is 2.37 bits per heavy atom. The Morgan fingerprint density at radius 2 is 1.75 bits per heavy atom. The Balaban J connectivity index is 1.29. The summed E-state index contributed by atoms with van der Waals surface area (Å²) in [5.74, 6) is 5.27. The van der Waals surface area contributed by atoms with Gasteiger partial charge in [0.05, 0.1) is 11.6 Å². The van der Waals surface area contributed by atoms with Crippen LogP contribution < -0.4 is 26.2 Å². The van der Waals surface area contributed by atoms with Crippen LogP contribution in [0.1, 0.15) is 158 Å². The molecule has 0 aromatic heterocycles. The number of ketones is 2. The number of nitrogens with two attached hydrogens (primary N) is 1. The smallest absolute Gasteiger partial charge is 0.264 e. The van der Waals surface area contributed by atoms with Gasteiger partial charge in [-0.1, -0.05) is 50.8 Å². The number of primary amides is 1. The number of amidine groups is 1. The van der Waals surface area contributed by atoms with Crippen LogP contribution in [0.2, 0.25) is 0 Å². The zero-order valence-corrected chi connectivity index (χ0v) is 41.0. The number of benzene rings is 2. The van der Waals surface area contributed by atoms with E-state index in [0.29, 0.717) is 78.7 Å². The van der Waals surface area contributed by atoms with Crippen LogP contribution in [-0.4, -0.2) is 62.2 Å². The average molecular weight is 935 g/mol. The normalized spacial score (nSPS) is 19.2. The molecule has 11 nitrogen and oxygen atoms in total. The molecule has 366 valence electrons. The lowest BCUT2D eigenvalue weighted by Gasteiger charge is -2.37. The quantitative estimate of drug-likeness (QED) is 0.0416. The second-order valence-electron chi connectivity index (χ2n) is 18.7. The number of nitrogens with one attached hydrogen (secondary N) is 3. The van der Waals surface area contributed by atoms with Crippen LogP contribution >= 0.6 is 0 Å². The molecule has 2 aromatic rings. The molecule has 0 bridgehead atoms. The van der Waals surface area contributed by atoms with E-state index >= 15 is 0 Å². The summed E-state index contributed by atoms with van der Waals surface area (Å²) in [4.78, 5) is 66.1. The molecule has 3 unspecified atom stereocenters. The molecule has 1 saturated carbocycles. The molecular formula is C55H72F2N6O5. The van der Waals surface area contributed by atoms with Crippen molar-refractivity contribution in [3.63, 3.8) is 0 Å². The number of anilines is 2. The van der Waals surface area contributed by atoms with Gasteiger partial charge in [0.2, 0.25) is 11.8 Å². The number of carbonyl (C=O) groups excluding carboxylic acids is 5. The van der Waals surface area contributed by atoms with Crippen molar-refractivity contribution in [2.45, 2.75) is 143 Å². The number of hydrogen-bond acceptors (Lipinski definition) is 8. The minimum atomic E-state index is -2.69. The van der Waals surface area contributed by atoms with Gasteiger partial charge in [-0.2, -0.15) is 0 Å². The van der Waals surface area contributed by atoms with E-state index in [2.05, 4.69) is 36.0 Å². The maximum atomic E-state index is 14.7. The van der Waals surface area contributed by atoms with Gasteiger partial charge < -0.3 is 31.0 Å². The molecule has 0 saturated heterocycles. The van der Waals surface area contributed by atoms with Gasteiger partial charge in [0, 0.05) is 104 Å². The first-order valence-electron chi connectivity index (χ1n) is 24.5. The lowest BCUT2D eigenvalue weighted by molar-refractivity contribution is -0.124. The molecule has 1 heterocycles. The monoisotopic (exact) mass is 935 g/mol. The average Bonchev–Trinajstić information content (AvgIpc) is 3.32. The topological polar surface area (TPSA) is 166 Å². The highest BCUT2D eigenvalue weighted by atomic mass is 19.3. The van der Waals surface area contributed by atoms with Gasteiger partial charge in [0.25, 0.3) is 6.43 Å². The van der Waals surface area contributed by atoms with Crippen molar-refractivity contribution >= 4 is 58.0 Å². The van der Waals surface area contributed by atoms with E-state index < -0.39 is 18.3 Å². The fourth-order valence-corrected chi connectivity index (χ4v) is 10.2. The fourth-order valence-electron chi connectivity index (χ4n) is 10.2. The van der Waals surface area contributed by atoms with E-state index in [1.165, 1.54) is 11.8 Å². The maximum absolute atomic E-state index is 14.7. The number of aldehydes is 1. The molecule has 0 spiro atoms. The van der Waals surface area contributed by atoms with Gasteiger partial charge in [-0.3, -0.25) is 24.6 Å². The van der Waals surface area contributed by atoms with Crippen LogP contribution in [0.3, 0.4) is 0 Å². The SMILES string of the molecule is C=C(c1cccc(C#CC(CCC)CCC(=O)C2CCC(NC3=C(C(=N)N4CCCc5cc(/C(=C/NC)CC)c(C(F)F)cc54)CC(C(C)=O)CC3)CC2)c1N(C)C(C)=O)C(CCC=O)C(N)=O. The van der Waals surface area contributed by atoms with Gasteiger partial charge in [0.1, 0.15) is 23.7 Å². The van der Waals surface area contributed by atoms with Crippen molar-refractivity contribution in [2.75, 3.05) is 30.4 Å². The predicted octanol–water partition coefficient (Wildman–Crippen LogP) is 10.0. The Bertz CT molecular complexity index is 2350. The maximum Gasteiger partial charge on any atom is 0.264 e. The van der Waals surface area contributed by atoms with Crippen molar-refractivity contribution in [1.29, 1.82) is 5.41 Å². The number of nitrogens with zero attached hydrogens (tertiary/aromatic N) is 2. The Labute approximate surface area is 402 Å². The number of halogens is 2. The van der Waals surface area contributed by atoms with Crippen molar-refractivity contribution < 1.29 is 32.8 Å². The van der Waals surface area contributed by atoms with Crippen LogP contribution in [0.25, 0.3) is 11.1 Å². The minimum Gasteiger partial charge on any atom is -0.394 e. The molecular weight excluding hydrogens is 863 g/mol. The van der Waals surface area contributed by atoms with Crippen LogP contribution in [0.5, 0.6) is 0 Å². The summed E-state index contributed by atoms with van der Waals surface area (Å²) in [6, 6.07) is 8.93. The minimum absolute atomic E-state index is 0.0489. The molecule has 5 N–H and O–H groups in total. The summed E-state index contributed by atoms with van der Waals surface area (Å²) in [6.07, 6.45) is 9.60. The number of para-hydroxylation sites is 1. The molecule has 68 heavy (non-hydrogen) atoms. The molecule has 2 aromatic carbocycles. The zero-order valence-electron chi connectivity index (χ0n) is 41.0. The second kappa shape index (κ2) is 24.9. The third-order valence-corrected chi connectivity index (χ3v) is 14.2. The standard InChI is InChI=1S/C55H72F2N6O5/c1-8-13-37(18-20-40-14-10-16-44(52(40)62(7)36(5)66)34(3)45(55(59)68)17-12-29-64)19-27-51(67)39-21-24-43(25-22-39)61-49-26-23-41(35(4)65)30-48(49)54(58)63-28-11-15-42-31-46(38(9-2)33-60-6)47(53(56)57)32-50(42)63/h10,14,16,29,31-33,37,39,41,43,45,53,58,60-61H,3,8-9,11-13,15,17,19,21-28,30H2,1-2,4-7H3,(H2,59,68)/b38-33+,58-54?. The van der Waals surface area contributed by atoms with Gasteiger partial charge in [-0.15, -0.1) is 0 Å². The largest absolute Gasteiger partial charge is 0.394 e. The third kappa shape index (κ3) is 13.0. The molecule has 2 aliphatic carbocycles. The van der Waals surface area contributed by atoms with Gasteiger partial charge >= 0.3 is 0 Å². The zero-order chi connectivity index (χ0) is 49.7. The number of rotatable bonds is 21. The lowest BCUT2D eigenvalue weighted by atomic mass is 9.80. The number of hydrogen-bond donors (Lipinski definition) is 4. The van der Waals surface area contributed by atoms with Crippen molar-refractivity contribution in [3.05, 3.63) is 82.2 Å². The second-order valence-corrected chi connectivity index (χ2v) is 18.7. The summed E-state index contributed by atoms with van der Waals surface area (Å²) in [7, 11) is 3.40. The fraction of sp³-hybridized carbons (Fsp3) is 0.527. The van der Waals surface area contributed by atoms with Crippen LogP contribution in [-0.2, 0) is 30.4 Å². The molecule has 0 radical (unpaired) electrons. The predicted molar refractivity (Wildman–Crippen MR) is 268 cm³/mol. The summed E-state index contributed by atoms with van der Waals surface area (Å²) < 4.78 is 29.3. The highest BCUT2D eigenvalue weighted by Crippen LogP contribution is 2.41. The number of Topliss-reactive ketones (excluding diaryl/α,β-unsaturated/α-hetero) is 2. The number of carbonyl (C=O) groups is 5. The molecule has 1 aliphatic heterocycles. The number of allylic oxidation sites excluding steroid dienone is 2. The molecule has 3 atom stereocenters. The van der Waals surface area contributed by atoms with E-state index in [4.69, 9.17) is 5.73 Å². The van der Waals surface area contributed by atoms with Crippen molar-refractivity contribution in [1.82, 2.24) is 10.6 Å². The van der Waals surface area contributed by atoms with Crippen molar-refractivity contribution in [2.24, 2.45) is 29.4 Å². The summed E-state index contributed by atoms with van der Waals surface area (Å²) in [5, 5.41) is 16.4. The molecule has 1 fully saturated rings. The van der Waals surface area contributed by atoms with E-state index in [-0.39, 0.29) is 65.5 Å². The first-order chi connectivity index (χ1) is 32.5. The number of alkyl halides is 2. The molecule has 5 rings (SSSR count). The first-order valence-corrected chi connectivity index (χ1v) is 24.5. The highest BCUT2D eigenvalue weighted by Gasteiger charge is 2.34. The van der Waals surface area contributed by atoms with Crippen molar-refractivity contribution in [3.8, 4) is 11.8 Å². The van der Waals surface area contributed by atoms with Crippen LogP contribution in [0, 0.1) is 40.9 Å². The Kier molecular flexibility index (Phi) is 19.4. The summed E-state index contributed by atoms with van der Waals surface area (Å²) in [5.41, 5.74) is 12.3. The van der Waals surface area contributed by atoms with Crippen LogP contribution in [0.4, 0.5) is 20.2 Å². The molecule has 3 aliphatic rings. The third-order valence-electron chi connectivity index (χ3n) is 14.2. The molecule has 2 amide bonds. The number of aryl methyl sites for hydroxylation is 1. The summed E-state index contributed by atoms with van der Waals surface area (Å²) >= 11 is 0.